The number of carbonyl (C=O) groups excluding carboxylic acids is 1. The van der Waals surface area contributed by atoms with E-state index < -0.39 is 12.0 Å². The fraction of sp³-hybridized carbons (Fsp3) is 0.216. The summed E-state index contributed by atoms with van der Waals surface area (Å²) < 4.78 is 16.5. The molecule has 1 aliphatic heterocycles. The lowest BCUT2D eigenvalue weighted by Crippen LogP contribution is -2.40. The van der Waals surface area contributed by atoms with E-state index in [4.69, 9.17) is 14.5 Å². The van der Waals surface area contributed by atoms with Crippen LogP contribution >= 0.6 is 27.3 Å². The number of halogens is 1. The second kappa shape index (κ2) is 13.2. The van der Waals surface area contributed by atoms with Crippen molar-refractivity contribution in [1.82, 2.24) is 9.13 Å². The van der Waals surface area contributed by atoms with E-state index in [1.54, 1.807) is 18.6 Å². The Morgan fingerprint density at radius 1 is 1.04 bits per heavy atom. The fourth-order valence-corrected chi connectivity index (χ4v) is 7.40. The number of benzene rings is 3. The van der Waals surface area contributed by atoms with Gasteiger partial charge in [0.15, 0.2) is 4.80 Å². The number of thiazole rings is 1. The van der Waals surface area contributed by atoms with Gasteiger partial charge < -0.3 is 18.9 Å². The SMILES string of the molecule is CCOC(=O)C1=C(c2ccccc2)N=c2s/c(=C\c3cc(C)n(-c4ccc(N(C)C)cc4)c3C)c(=O)n2[C@@H]1c1cc(Br)ccc1OC. The highest BCUT2D eigenvalue weighted by atomic mass is 79.9. The number of hydrogen-bond acceptors (Lipinski definition) is 7. The molecule has 1 atom stereocenters. The number of carbonyl (C=O) groups is 1. The van der Waals surface area contributed by atoms with Crippen LogP contribution in [0.2, 0.25) is 0 Å². The molecule has 3 aromatic carbocycles. The molecule has 2 aromatic heterocycles. The molecule has 3 heterocycles. The molecular weight excluding hydrogens is 676 g/mol. The minimum absolute atomic E-state index is 0.171. The van der Waals surface area contributed by atoms with Crippen LogP contribution in [0, 0.1) is 13.8 Å². The summed E-state index contributed by atoms with van der Waals surface area (Å²) >= 11 is 4.89. The molecule has 0 unspecified atom stereocenters. The normalized spacial score (nSPS) is 14.5. The van der Waals surface area contributed by atoms with E-state index in [9.17, 15) is 9.59 Å². The molecule has 0 saturated heterocycles. The number of ether oxygens (including phenoxy) is 2. The first-order chi connectivity index (χ1) is 22.6. The third kappa shape index (κ3) is 5.99. The van der Waals surface area contributed by atoms with E-state index in [1.165, 1.54) is 11.3 Å². The average molecular weight is 712 g/mol. The van der Waals surface area contributed by atoms with Crippen LogP contribution in [0.3, 0.4) is 0 Å². The molecule has 0 N–H and O–H groups in total. The van der Waals surface area contributed by atoms with Gasteiger partial charge in [0.2, 0.25) is 0 Å². The minimum atomic E-state index is -0.849. The van der Waals surface area contributed by atoms with Crippen molar-refractivity contribution in [2.24, 2.45) is 4.99 Å². The van der Waals surface area contributed by atoms with Crippen LogP contribution in [0.15, 0.2) is 98.7 Å². The van der Waals surface area contributed by atoms with Gasteiger partial charge in [-0.05, 0) is 80.9 Å². The van der Waals surface area contributed by atoms with Crippen LogP contribution in [0.25, 0.3) is 17.5 Å². The lowest BCUT2D eigenvalue weighted by Gasteiger charge is -2.27. The summed E-state index contributed by atoms with van der Waals surface area (Å²) in [4.78, 5) is 35.8. The number of anilines is 1. The molecule has 0 radical (unpaired) electrons. The highest BCUT2D eigenvalue weighted by molar-refractivity contribution is 9.10. The maximum absolute atomic E-state index is 14.5. The number of rotatable bonds is 8. The predicted octanol–water partition coefficient (Wildman–Crippen LogP) is 6.18. The molecule has 1 aliphatic rings. The standard InChI is InChI=1S/C37H35BrN4O4S/c1-7-46-36(44)32-33(24-11-9-8-10-12-24)39-37-42(34(32)29-21-26(38)13-18-30(29)45-6)35(43)31(47-37)20-25-19-22(2)41(23(25)3)28-16-14-27(15-17-28)40(4)5/h8-21,34H,7H2,1-6H3/b31-20-/t34-/m1/s1. The molecule has 0 amide bonds. The highest BCUT2D eigenvalue weighted by Gasteiger charge is 2.37. The third-order valence-electron chi connectivity index (χ3n) is 8.24. The zero-order valence-corrected chi connectivity index (χ0v) is 29.5. The second-order valence-corrected chi connectivity index (χ2v) is 13.3. The Bertz CT molecular complexity index is 2200. The maximum Gasteiger partial charge on any atom is 0.338 e. The Hall–Kier alpha value is -4.67. The number of nitrogens with zero attached hydrogens (tertiary/aromatic N) is 4. The van der Waals surface area contributed by atoms with Gasteiger partial charge in [0.1, 0.15) is 11.8 Å². The quantitative estimate of drug-likeness (QED) is 0.180. The third-order valence-corrected chi connectivity index (χ3v) is 9.72. The van der Waals surface area contributed by atoms with Crippen molar-refractivity contribution in [3.8, 4) is 11.4 Å². The van der Waals surface area contributed by atoms with Gasteiger partial charge in [0.05, 0.1) is 29.5 Å². The first-order valence-corrected chi connectivity index (χ1v) is 16.8. The van der Waals surface area contributed by atoms with E-state index in [2.05, 4.69) is 69.6 Å². The Morgan fingerprint density at radius 3 is 2.43 bits per heavy atom. The molecule has 47 heavy (non-hydrogen) atoms. The van der Waals surface area contributed by atoms with Crippen molar-refractivity contribution in [3.05, 3.63) is 137 Å². The minimum Gasteiger partial charge on any atom is -0.496 e. The molecule has 0 spiro atoms. The summed E-state index contributed by atoms with van der Waals surface area (Å²) in [5.41, 5.74) is 7.00. The summed E-state index contributed by atoms with van der Waals surface area (Å²) in [6.07, 6.45) is 1.92. The number of fused-ring (bicyclic) bond motifs is 1. The predicted molar refractivity (Wildman–Crippen MR) is 191 cm³/mol. The monoisotopic (exact) mass is 710 g/mol. The van der Waals surface area contributed by atoms with Crippen molar-refractivity contribution < 1.29 is 14.3 Å². The lowest BCUT2D eigenvalue weighted by molar-refractivity contribution is -0.138. The van der Waals surface area contributed by atoms with Gasteiger partial charge in [0.25, 0.3) is 5.56 Å². The van der Waals surface area contributed by atoms with Crippen LogP contribution in [-0.2, 0) is 9.53 Å². The molecule has 6 rings (SSSR count). The summed E-state index contributed by atoms with van der Waals surface area (Å²) in [5, 5.41) is 0. The van der Waals surface area contributed by atoms with Crippen molar-refractivity contribution in [2.45, 2.75) is 26.8 Å². The summed E-state index contributed by atoms with van der Waals surface area (Å²) in [7, 11) is 5.61. The summed E-state index contributed by atoms with van der Waals surface area (Å²) in [6, 6.07) is 24.7. The van der Waals surface area contributed by atoms with Gasteiger partial charge in [0, 0.05) is 52.5 Å². The molecule has 0 bridgehead atoms. The molecule has 8 nitrogen and oxygen atoms in total. The highest BCUT2D eigenvalue weighted by Crippen LogP contribution is 2.40. The molecule has 10 heteroatoms. The Labute approximate surface area is 285 Å². The van der Waals surface area contributed by atoms with Crippen LogP contribution in [-0.4, -0.2) is 42.9 Å². The number of aryl methyl sites for hydroxylation is 1. The van der Waals surface area contributed by atoms with Crippen LogP contribution < -0.4 is 24.5 Å². The molecule has 5 aromatic rings. The van der Waals surface area contributed by atoms with Crippen molar-refractivity contribution >= 4 is 50.7 Å². The van der Waals surface area contributed by atoms with Crippen molar-refractivity contribution in [2.75, 3.05) is 32.7 Å². The Morgan fingerprint density at radius 2 is 1.77 bits per heavy atom. The summed E-state index contributed by atoms with van der Waals surface area (Å²) in [5.74, 6) is -0.00652. The number of aromatic nitrogens is 2. The first kappa shape index (κ1) is 32.3. The molecule has 0 saturated carbocycles. The largest absolute Gasteiger partial charge is 0.496 e. The van der Waals surface area contributed by atoms with E-state index >= 15 is 0 Å². The van der Waals surface area contributed by atoms with E-state index in [0.29, 0.717) is 26.3 Å². The molecule has 240 valence electrons. The molecule has 0 fully saturated rings. The van der Waals surface area contributed by atoms with Crippen LogP contribution in [0.4, 0.5) is 5.69 Å². The van der Waals surface area contributed by atoms with Crippen LogP contribution in [0.1, 0.15) is 41.0 Å². The second-order valence-electron chi connectivity index (χ2n) is 11.4. The maximum atomic E-state index is 14.5. The molecular formula is C37H35BrN4O4S. The van der Waals surface area contributed by atoms with Crippen LogP contribution in [0.5, 0.6) is 5.75 Å². The van der Waals surface area contributed by atoms with Gasteiger partial charge >= 0.3 is 5.97 Å². The fourth-order valence-electron chi connectivity index (χ4n) is 6.03. The summed E-state index contributed by atoms with van der Waals surface area (Å²) in [6.45, 7) is 6.04. The topological polar surface area (TPSA) is 78.1 Å². The number of methoxy groups -OCH3 is 1. The number of esters is 1. The van der Waals surface area contributed by atoms with Crippen molar-refractivity contribution in [3.63, 3.8) is 0 Å². The Kier molecular flexibility index (Phi) is 9.07. The van der Waals surface area contributed by atoms with E-state index in [1.807, 2.05) is 68.7 Å². The van der Waals surface area contributed by atoms with Gasteiger partial charge in [-0.25, -0.2) is 9.79 Å². The van der Waals surface area contributed by atoms with E-state index in [-0.39, 0.29) is 17.7 Å². The van der Waals surface area contributed by atoms with Gasteiger partial charge in [-0.15, -0.1) is 0 Å². The van der Waals surface area contributed by atoms with Gasteiger partial charge in [-0.2, -0.15) is 0 Å². The van der Waals surface area contributed by atoms with Gasteiger partial charge in [-0.3, -0.25) is 9.36 Å². The van der Waals surface area contributed by atoms with E-state index in [0.717, 1.165) is 38.4 Å². The smallest absolute Gasteiger partial charge is 0.338 e. The van der Waals surface area contributed by atoms with Gasteiger partial charge in [-0.1, -0.05) is 57.6 Å². The van der Waals surface area contributed by atoms with Crippen molar-refractivity contribution in [1.29, 1.82) is 0 Å². The zero-order chi connectivity index (χ0) is 33.4. The zero-order valence-electron chi connectivity index (χ0n) is 27.1. The number of hydrogen-bond donors (Lipinski definition) is 0. The Balaban J connectivity index is 1.60. The lowest BCUT2D eigenvalue weighted by atomic mass is 9.92. The first-order valence-electron chi connectivity index (χ1n) is 15.2. The molecule has 0 aliphatic carbocycles. The average Bonchev–Trinajstić information content (AvgIpc) is 3.53.